The summed E-state index contributed by atoms with van der Waals surface area (Å²) < 4.78 is 9.68. The average molecular weight is 222 g/mol. The lowest BCUT2D eigenvalue weighted by atomic mass is 9.97. The number of methoxy groups -OCH3 is 1. The van der Waals surface area contributed by atoms with Gasteiger partial charge in [-0.1, -0.05) is 0 Å². The zero-order valence-corrected chi connectivity index (χ0v) is 8.11. The molecule has 88 valence electrons. The highest BCUT2D eigenvalue weighted by Crippen LogP contribution is 2.23. The topological polar surface area (TPSA) is 116 Å². The van der Waals surface area contributed by atoms with Gasteiger partial charge in [-0.3, -0.25) is 4.79 Å². The first kappa shape index (κ1) is 12.3. The second-order valence-corrected chi connectivity index (χ2v) is 3.35. The molecule has 0 spiro atoms. The van der Waals surface area contributed by atoms with Crippen molar-refractivity contribution >= 4 is 5.97 Å². The first-order valence-corrected chi connectivity index (χ1v) is 4.41. The van der Waals surface area contributed by atoms with Gasteiger partial charge in [0.15, 0.2) is 6.29 Å². The van der Waals surface area contributed by atoms with Crippen LogP contribution in [0, 0.1) is 0 Å². The molecule has 0 bridgehead atoms. The summed E-state index contributed by atoms with van der Waals surface area (Å²) in [6, 6.07) is 0. The zero-order chi connectivity index (χ0) is 11.6. The highest BCUT2D eigenvalue weighted by atomic mass is 16.7. The molecular formula is C8H14O7. The summed E-state index contributed by atoms with van der Waals surface area (Å²) in [6.45, 7) is 0. The van der Waals surface area contributed by atoms with Gasteiger partial charge in [-0.2, -0.15) is 0 Å². The highest BCUT2D eigenvalue weighted by Gasteiger charge is 2.44. The minimum absolute atomic E-state index is 0.467. The summed E-state index contributed by atoms with van der Waals surface area (Å²) in [4.78, 5) is 10.4. The van der Waals surface area contributed by atoms with Crippen LogP contribution in [0.4, 0.5) is 0 Å². The van der Waals surface area contributed by atoms with Crippen LogP contribution < -0.4 is 0 Å². The van der Waals surface area contributed by atoms with E-state index in [1.807, 2.05) is 0 Å². The van der Waals surface area contributed by atoms with E-state index in [0.29, 0.717) is 0 Å². The van der Waals surface area contributed by atoms with Gasteiger partial charge in [0.25, 0.3) is 0 Å². The van der Waals surface area contributed by atoms with Crippen LogP contribution in [0.3, 0.4) is 0 Å². The number of aliphatic hydroxyl groups excluding tert-OH is 3. The van der Waals surface area contributed by atoms with E-state index >= 15 is 0 Å². The highest BCUT2D eigenvalue weighted by molar-refractivity contribution is 5.67. The quantitative estimate of drug-likeness (QED) is 0.432. The van der Waals surface area contributed by atoms with Gasteiger partial charge >= 0.3 is 5.97 Å². The molecule has 4 N–H and O–H groups in total. The number of hydrogen-bond donors (Lipinski definition) is 4. The number of carboxylic acids is 1. The van der Waals surface area contributed by atoms with Crippen LogP contribution in [0.2, 0.25) is 0 Å². The SMILES string of the molecule is CO[C@@H]1O[C@H](CC(=O)O)[C@@H](O)[C@H](O)[C@H]1O. The van der Waals surface area contributed by atoms with Crippen LogP contribution in [0.1, 0.15) is 6.42 Å². The molecule has 1 saturated heterocycles. The third-order valence-electron chi connectivity index (χ3n) is 2.28. The summed E-state index contributed by atoms with van der Waals surface area (Å²) in [5.41, 5.74) is 0. The first-order valence-electron chi connectivity index (χ1n) is 4.41. The fraction of sp³-hybridized carbons (Fsp3) is 0.875. The molecule has 1 aliphatic rings. The number of carboxylic acid groups (broad SMARTS) is 1. The molecule has 0 aromatic rings. The van der Waals surface area contributed by atoms with E-state index in [4.69, 9.17) is 14.6 Å². The lowest BCUT2D eigenvalue weighted by Crippen LogP contribution is -2.58. The van der Waals surface area contributed by atoms with Crippen LogP contribution in [-0.4, -0.2) is 64.2 Å². The Hall–Kier alpha value is -0.730. The molecule has 7 nitrogen and oxygen atoms in total. The molecule has 0 aromatic heterocycles. The van der Waals surface area contributed by atoms with Crippen molar-refractivity contribution in [2.24, 2.45) is 0 Å². The van der Waals surface area contributed by atoms with Gasteiger partial charge in [0, 0.05) is 7.11 Å². The molecule has 15 heavy (non-hydrogen) atoms. The van der Waals surface area contributed by atoms with Crippen molar-refractivity contribution in [1.82, 2.24) is 0 Å². The van der Waals surface area contributed by atoms with Crippen molar-refractivity contribution < 1.29 is 34.7 Å². The number of rotatable bonds is 3. The molecule has 0 amide bonds. The van der Waals surface area contributed by atoms with E-state index in [-0.39, 0.29) is 0 Å². The van der Waals surface area contributed by atoms with E-state index < -0.39 is 43.1 Å². The molecule has 0 aliphatic carbocycles. The number of ether oxygens (including phenoxy) is 2. The van der Waals surface area contributed by atoms with Crippen LogP contribution in [-0.2, 0) is 14.3 Å². The van der Waals surface area contributed by atoms with Crippen LogP contribution in [0.15, 0.2) is 0 Å². The fourth-order valence-electron chi connectivity index (χ4n) is 1.45. The minimum atomic E-state index is -1.48. The summed E-state index contributed by atoms with van der Waals surface area (Å²) in [5, 5.41) is 36.7. The molecule has 0 radical (unpaired) electrons. The first-order chi connectivity index (χ1) is 6.97. The van der Waals surface area contributed by atoms with E-state index in [9.17, 15) is 20.1 Å². The van der Waals surface area contributed by atoms with Crippen LogP contribution in [0.25, 0.3) is 0 Å². The van der Waals surface area contributed by atoms with Crippen molar-refractivity contribution in [2.45, 2.75) is 37.1 Å². The Morgan fingerprint density at radius 2 is 1.87 bits per heavy atom. The molecule has 5 atom stereocenters. The van der Waals surface area contributed by atoms with Crippen molar-refractivity contribution in [1.29, 1.82) is 0 Å². The Bertz CT molecular complexity index is 229. The van der Waals surface area contributed by atoms with Crippen molar-refractivity contribution in [3.8, 4) is 0 Å². The largest absolute Gasteiger partial charge is 0.481 e. The summed E-state index contributed by atoms with van der Waals surface area (Å²) in [6.07, 6.45) is -7.01. The van der Waals surface area contributed by atoms with Crippen LogP contribution >= 0.6 is 0 Å². The number of aliphatic carboxylic acids is 1. The second kappa shape index (κ2) is 4.86. The lowest BCUT2D eigenvalue weighted by Gasteiger charge is -2.39. The Morgan fingerprint density at radius 1 is 1.27 bits per heavy atom. The van der Waals surface area contributed by atoms with Gasteiger partial charge in [-0.25, -0.2) is 0 Å². The summed E-state index contributed by atoms with van der Waals surface area (Å²) >= 11 is 0. The van der Waals surface area contributed by atoms with Gasteiger partial charge in [-0.05, 0) is 0 Å². The normalized spacial score (nSPS) is 41.5. The third-order valence-corrected chi connectivity index (χ3v) is 2.28. The van der Waals surface area contributed by atoms with E-state index in [0.717, 1.165) is 0 Å². The molecule has 1 fully saturated rings. The number of aliphatic hydroxyl groups is 3. The monoisotopic (exact) mass is 222 g/mol. The van der Waals surface area contributed by atoms with Crippen molar-refractivity contribution in [3.05, 3.63) is 0 Å². The molecule has 1 heterocycles. The Morgan fingerprint density at radius 3 is 2.33 bits per heavy atom. The van der Waals surface area contributed by atoms with Gasteiger partial charge < -0.3 is 29.9 Å². The summed E-state index contributed by atoms with van der Waals surface area (Å²) in [7, 11) is 1.25. The maximum Gasteiger partial charge on any atom is 0.306 e. The third kappa shape index (κ3) is 2.64. The maximum atomic E-state index is 10.4. The number of hydrogen-bond acceptors (Lipinski definition) is 6. The van der Waals surface area contributed by atoms with Crippen molar-refractivity contribution in [3.63, 3.8) is 0 Å². The lowest BCUT2D eigenvalue weighted by molar-refractivity contribution is -0.290. The van der Waals surface area contributed by atoms with E-state index in [1.54, 1.807) is 0 Å². The van der Waals surface area contributed by atoms with Gasteiger partial charge in [0.1, 0.15) is 18.3 Å². The fourth-order valence-corrected chi connectivity index (χ4v) is 1.45. The van der Waals surface area contributed by atoms with E-state index in [2.05, 4.69) is 0 Å². The Kier molecular flexibility index (Phi) is 4.00. The Balaban J connectivity index is 2.69. The molecule has 1 aliphatic heterocycles. The molecular weight excluding hydrogens is 208 g/mol. The second-order valence-electron chi connectivity index (χ2n) is 3.35. The minimum Gasteiger partial charge on any atom is -0.481 e. The zero-order valence-electron chi connectivity index (χ0n) is 8.11. The van der Waals surface area contributed by atoms with Gasteiger partial charge in [-0.15, -0.1) is 0 Å². The van der Waals surface area contributed by atoms with Crippen molar-refractivity contribution in [2.75, 3.05) is 7.11 Å². The van der Waals surface area contributed by atoms with Gasteiger partial charge in [0.05, 0.1) is 12.5 Å². The summed E-state index contributed by atoms with van der Waals surface area (Å²) in [5.74, 6) is -1.17. The predicted octanol–water partition coefficient (Wildman–Crippen LogP) is -2.08. The molecule has 1 rings (SSSR count). The average Bonchev–Trinajstić information content (AvgIpc) is 2.18. The van der Waals surface area contributed by atoms with Crippen LogP contribution in [0.5, 0.6) is 0 Å². The molecule has 0 unspecified atom stereocenters. The number of carbonyl (C=O) groups is 1. The van der Waals surface area contributed by atoms with E-state index in [1.165, 1.54) is 7.11 Å². The molecule has 0 saturated carbocycles. The molecule has 7 heteroatoms. The smallest absolute Gasteiger partial charge is 0.306 e. The predicted molar refractivity (Wildman–Crippen MR) is 45.9 cm³/mol. The molecule has 0 aromatic carbocycles. The van der Waals surface area contributed by atoms with Gasteiger partial charge in [0.2, 0.25) is 0 Å². The Labute approximate surface area is 85.9 Å². The maximum absolute atomic E-state index is 10.4. The standard InChI is InChI=1S/C8H14O7/c1-14-8-7(13)6(12)5(11)3(15-8)2-4(9)10/h3,5-8,11-13H,2H2,1H3,(H,9,10)/t3-,5-,6+,7-,8-/m1/s1.